The molecule has 0 saturated carbocycles. The van der Waals surface area contributed by atoms with Gasteiger partial charge in [0, 0.05) is 0 Å². The third-order valence-electron chi connectivity index (χ3n) is 3.88. The van der Waals surface area contributed by atoms with Crippen molar-refractivity contribution >= 4 is 18.0 Å². The quantitative estimate of drug-likeness (QED) is 0.501. The first-order chi connectivity index (χ1) is 13.2. The van der Waals surface area contributed by atoms with E-state index in [1.165, 1.54) is 12.5 Å². The zero-order valence-electron chi connectivity index (χ0n) is 14.5. The van der Waals surface area contributed by atoms with Gasteiger partial charge in [0.2, 0.25) is 5.91 Å². The smallest absolute Gasteiger partial charge is 0.259 e. The van der Waals surface area contributed by atoms with Crippen LogP contribution in [0.1, 0.15) is 22.8 Å². The Morgan fingerprint density at radius 1 is 0.926 bits per heavy atom. The van der Waals surface area contributed by atoms with Crippen LogP contribution in [-0.2, 0) is 9.59 Å². The van der Waals surface area contributed by atoms with E-state index in [1.54, 1.807) is 12.1 Å². The summed E-state index contributed by atoms with van der Waals surface area (Å²) >= 11 is 0. The first-order valence-electron chi connectivity index (χ1n) is 8.47. The van der Waals surface area contributed by atoms with Crippen LogP contribution in [0.5, 0.6) is 0 Å². The van der Waals surface area contributed by atoms with E-state index in [-0.39, 0.29) is 12.5 Å². The van der Waals surface area contributed by atoms with Gasteiger partial charge in [-0.3, -0.25) is 9.59 Å². The van der Waals surface area contributed by atoms with Gasteiger partial charge in [0.25, 0.3) is 5.91 Å². The van der Waals surface area contributed by atoms with Crippen molar-refractivity contribution in [2.75, 3.05) is 6.54 Å². The Bertz CT molecular complexity index is 851. The van der Waals surface area contributed by atoms with Crippen LogP contribution in [0.15, 0.2) is 88.6 Å². The fourth-order valence-corrected chi connectivity index (χ4v) is 2.63. The minimum absolute atomic E-state index is 0.176. The van der Waals surface area contributed by atoms with E-state index in [0.717, 1.165) is 11.1 Å². The van der Waals surface area contributed by atoms with E-state index in [1.807, 2.05) is 60.7 Å². The SMILES string of the molecule is O=C(CNC(=O)C(c1ccccc1)c1ccccc1)N/N=C/c1ccco1. The predicted octanol–water partition coefficient (Wildman–Crippen LogP) is 2.68. The number of amides is 2. The summed E-state index contributed by atoms with van der Waals surface area (Å²) in [5.41, 5.74) is 4.07. The van der Waals surface area contributed by atoms with Crippen LogP contribution in [0, 0.1) is 0 Å². The number of furan rings is 1. The molecule has 136 valence electrons. The molecule has 6 heteroatoms. The Morgan fingerprint density at radius 2 is 1.56 bits per heavy atom. The van der Waals surface area contributed by atoms with Crippen LogP contribution in [0.4, 0.5) is 0 Å². The van der Waals surface area contributed by atoms with Crippen LogP contribution in [-0.4, -0.2) is 24.6 Å². The van der Waals surface area contributed by atoms with Crippen LogP contribution in [0.3, 0.4) is 0 Å². The Labute approximate surface area is 156 Å². The Kier molecular flexibility index (Phi) is 6.14. The fraction of sp³-hybridized carbons (Fsp3) is 0.0952. The van der Waals surface area contributed by atoms with Crippen LogP contribution >= 0.6 is 0 Å². The minimum atomic E-state index is -0.494. The molecular formula is C21H19N3O3. The largest absolute Gasteiger partial charge is 0.463 e. The zero-order valence-corrected chi connectivity index (χ0v) is 14.5. The number of carbonyl (C=O) groups is 2. The first-order valence-corrected chi connectivity index (χ1v) is 8.47. The molecule has 6 nitrogen and oxygen atoms in total. The van der Waals surface area contributed by atoms with Crippen molar-refractivity contribution < 1.29 is 14.0 Å². The maximum Gasteiger partial charge on any atom is 0.259 e. The molecule has 0 aliphatic heterocycles. The summed E-state index contributed by atoms with van der Waals surface area (Å²) in [7, 11) is 0. The average molecular weight is 361 g/mol. The lowest BCUT2D eigenvalue weighted by atomic mass is 9.90. The van der Waals surface area contributed by atoms with Crippen LogP contribution in [0.2, 0.25) is 0 Å². The molecule has 27 heavy (non-hydrogen) atoms. The first kappa shape index (κ1) is 18.1. The van der Waals surface area contributed by atoms with E-state index in [0.29, 0.717) is 5.76 Å². The zero-order chi connectivity index (χ0) is 18.9. The molecule has 2 N–H and O–H groups in total. The number of rotatable bonds is 7. The number of carbonyl (C=O) groups excluding carboxylic acids is 2. The number of benzene rings is 2. The Balaban J connectivity index is 1.62. The summed E-state index contributed by atoms with van der Waals surface area (Å²) in [6, 6.07) is 22.3. The fourth-order valence-electron chi connectivity index (χ4n) is 2.63. The van der Waals surface area contributed by atoms with Crippen LogP contribution in [0.25, 0.3) is 0 Å². The molecular weight excluding hydrogens is 342 g/mol. The van der Waals surface area contributed by atoms with Gasteiger partial charge in [0.1, 0.15) is 5.76 Å². The lowest BCUT2D eigenvalue weighted by molar-refractivity contribution is -0.126. The van der Waals surface area contributed by atoms with Crippen molar-refractivity contribution in [3.63, 3.8) is 0 Å². The lowest BCUT2D eigenvalue weighted by Crippen LogP contribution is -2.37. The molecule has 2 amide bonds. The van der Waals surface area contributed by atoms with Crippen molar-refractivity contribution in [1.29, 1.82) is 0 Å². The summed E-state index contributed by atoms with van der Waals surface area (Å²) < 4.78 is 5.07. The second-order valence-corrected chi connectivity index (χ2v) is 5.78. The molecule has 0 aliphatic carbocycles. The normalized spacial score (nSPS) is 10.9. The summed E-state index contributed by atoms with van der Waals surface area (Å²) in [5.74, 6) is -0.650. The topological polar surface area (TPSA) is 83.7 Å². The standard InChI is InChI=1S/C21H19N3O3/c25-19(24-23-14-18-12-7-13-27-18)15-22-21(26)20(16-8-3-1-4-9-16)17-10-5-2-6-11-17/h1-14,20H,15H2,(H,22,26)(H,24,25)/b23-14+. The van der Waals surface area contributed by atoms with Crippen molar-refractivity contribution in [2.24, 2.45) is 5.10 Å². The third-order valence-corrected chi connectivity index (χ3v) is 3.88. The van der Waals surface area contributed by atoms with Crippen LogP contribution < -0.4 is 10.7 Å². The molecule has 0 unspecified atom stereocenters. The summed E-state index contributed by atoms with van der Waals surface area (Å²) in [6.45, 7) is -0.176. The summed E-state index contributed by atoms with van der Waals surface area (Å²) in [4.78, 5) is 24.7. The molecule has 0 radical (unpaired) electrons. The van der Waals surface area contributed by atoms with Gasteiger partial charge in [-0.25, -0.2) is 5.43 Å². The highest BCUT2D eigenvalue weighted by atomic mass is 16.3. The van der Waals surface area contributed by atoms with Gasteiger partial charge >= 0.3 is 0 Å². The van der Waals surface area contributed by atoms with E-state index < -0.39 is 11.8 Å². The van der Waals surface area contributed by atoms with Gasteiger partial charge in [-0.05, 0) is 23.3 Å². The molecule has 3 aromatic rings. The predicted molar refractivity (Wildman–Crippen MR) is 102 cm³/mol. The number of nitrogens with one attached hydrogen (secondary N) is 2. The van der Waals surface area contributed by atoms with E-state index in [4.69, 9.17) is 4.42 Å². The molecule has 1 heterocycles. The molecule has 2 aromatic carbocycles. The number of hydrogen-bond acceptors (Lipinski definition) is 4. The Morgan fingerprint density at radius 3 is 2.11 bits per heavy atom. The van der Waals surface area contributed by atoms with E-state index in [2.05, 4.69) is 15.8 Å². The molecule has 0 saturated heterocycles. The number of nitrogens with zero attached hydrogens (tertiary/aromatic N) is 1. The van der Waals surface area contributed by atoms with E-state index >= 15 is 0 Å². The van der Waals surface area contributed by atoms with Crippen molar-refractivity contribution in [3.05, 3.63) is 95.9 Å². The average Bonchev–Trinajstić information content (AvgIpc) is 3.22. The molecule has 3 rings (SSSR count). The third kappa shape index (κ3) is 5.15. The second-order valence-electron chi connectivity index (χ2n) is 5.78. The molecule has 0 spiro atoms. The van der Waals surface area contributed by atoms with Gasteiger partial charge in [-0.1, -0.05) is 60.7 Å². The minimum Gasteiger partial charge on any atom is -0.463 e. The number of hydrazone groups is 1. The summed E-state index contributed by atoms with van der Waals surface area (Å²) in [6.07, 6.45) is 2.90. The molecule has 0 aliphatic rings. The van der Waals surface area contributed by atoms with Crippen molar-refractivity contribution in [1.82, 2.24) is 10.7 Å². The monoisotopic (exact) mass is 361 g/mol. The Hall–Kier alpha value is -3.67. The maximum absolute atomic E-state index is 12.8. The van der Waals surface area contributed by atoms with Gasteiger partial charge in [0.15, 0.2) is 0 Å². The maximum atomic E-state index is 12.8. The number of hydrogen-bond donors (Lipinski definition) is 2. The molecule has 0 atom stereocenters. The highest BCUT2D eigenvalue weighted by Crippen LogP contribution is 2.24. The van der Waals surface area contributed by atoms with Gasteiger partial charge in [-0.15, -0.1) is 0 Å². The highest BCUT2D eigenvalue weighted by Gasteiger charge is 2.22. The lowest BCUT2D eigenvalue weighted by Gasteiger charge is -2.17. The molecule has 0 fully saturated rings. The van der Waals surface area contributed by atoms with Gasteiger partial charge in [0.05, 0.1) is 24.9 Å². The van der Waals surface area contributed by atoms with E-state index in [9.17, 15) is 9.59 Å². The molecule has 0 bridgehead atoms. The summed E-state index contributed by atoms with van der Waals surface area (Å²) in [5, 5.41) is 6.46. The molecule has 1 aromatic heterocycles. The highest BCUT2D eigenvalue weighted by molar-refractivity contribution is 5.91. The van der Waals surface area contributed by atoms with Crippen molar-refractivity contribution in [2.45, 2.75) is 5.92 Å². The van der Waals surface area contributed by atoms with Gasteiger partial charge in [-0.2, -0.15) is 5.10 Å². The second kappa shape index (κ2) is 9.15. The van der Waals surface area contributed by atoms with Gasteiger partial charge < -0.3 is 9.73 Å². The van der Waals surface area contributed by atoms with Crippen molar-refractivity contribution in [3.8, 4) is 0 Å².